The Balaban J connectivity index is 1.90. The molecule has 0 aliphatic carbocycles. The van der Waals surface area contributed by atoms with Crippen LogP contribution in [0.25, 0.3) is 0 Å². The molecule has 5 heteroatoms. The predicted octanol–water partition coefficient (Wildman–Crippen LogP) is 2.37. The number of carbonyl (C=O) groups excluding carboxylic acids is 1. The van der Waals surface area contributed by atoms with Crippen molar-refractivity contribution in [3.05, 3.63) is 29.1 Å². The highest BCUT2D eigenvalue weighted by Gasteiger charge is 2.28. The molecule has 1 aliphatic rings. The molecule has 0 radical (unpaired) electrons. The fourth-order valence-electron chi connectivity index (χ4n) is 2.20. The van der Waals surface area contributed by atoms with E-state index in [1.54, 1.807) is 13.0 Å². The van der Waals surface area contributed by atoms with E-state index in [9.17, 15) is 13.6 Å². The average molecular weight is 269 g/mol. The van der Waals surface area contributed by atoms with Gasteiger partial charge in [-0.15, -0.1) is 0 Å². The molecule has 0 aromatic heterocycles. The summed E-state index contributed by atoms with van der Waals surface area (Å²) in [7, 11) is 0. The molecule has 1 saturated heterocycles. The molecule has 0 saturated carbocycles. The lowest BCUT2D eigenvalue weighted by atomic mass is 10.1. The van der Waals surface area contributed by atoms with E-state index in [1.165, 1.54) is 6.07 Å². The lowest BCUT2D eigenvalue weighted by Gasteiger charge is -2.38. The lowest BCUT2D eigenvalue weighted by Crippen LogP contribution is -2.53. The number of hydrogen-bond donors (Lipinski definition) is 0. The van der Waals surface area contributed by atoms with Crippen LogP contribution < -0.4 is 4.74 Å². The summed E-state index contributed by atoms with van der Waals surface area (Å²) < 4.78 is 31.2. The van der Waals surface area contributed by atoms with Gasteiger partial charge >= 0.3 is 0 Å². The van der Waals surface area contributed by atoms with E-state index in [4.69, 9.17) is 4.74 Å². The van der Waals surface area contributed by atoms with Gasteiger partial charge in [-0.3, -0.25) is 14.1 Å². The second-order valence-electron chi connectivity index (χ2n) is 4.80. The number of halogens is 2. The van der Waals surface area contributed by atoms with Crippen LogP contribution in [0, 0.1) is 12.7 Å². The third-order valence-electron chi connectivity index (χ3n) is 3.26. The number of hydrogen-bond acceptors (Lipinski definition) is 3. The van der Waals surface area contributed by atoms with Gasteiger partial charge in [0.1, 0.15) is 17.7 Å². The number of alkyl halides is 1. The Morgan fingerprint density at radius 1 is 1.47 bits per heavy atom. The minimum atomic E-state index is -0.557. The van der Waals surface area contributed by atoms with Crippen molar-refractivity contribution < 1.29 is 18.3 Å². The predicted molar refractivity (Wildman–Crippen MR) is 68.0 cm³/mol. The molecule has 0 N–H and O–H groups in total. The van der Waals surface area contributed by atoms with Crippen molar-refractivity contribution in [1.29, 1.82) is 0 Å². The standard InChI is InChI=1S/C14H17F2NO2/c1-10-5-11(6-14(16)13(10)9-18)19-12-7-17(8-12)4-2-3-15/h5-6,9,12H,2-4,7-8H2,1H3. The summed E-state index contributed by atoms with van der Waals surface area (Å²) in [5.74, 6) is -0.116. The van der Waals surface area contributed by atoms with E-state index in [0.29, 0.717) is 24.0 Å². The van der Waals surface area contributed by atoms with Crippen molar-refractivity contribution in [1.82, 2.24) is 4.90 Å². The van der Waals surface area contributed by atoms with Crippen LogP contribution in [0.2, 0.25) is 0 Å². The van der Waals surface area contributed by atoms with Gasteiger partial charge in [-0.05, 0) is 25.0 Å². The van der Waals surface area contributed by atoms with Crippen molar-refractivity contribution in [2.75, 3.05) is 26.3 Å². The first kappa shape index (κ1) is 13.9. The Morgan fingerprint density at radius 3 is 2.79 bits per heavy atom. The van der Waals surface area contributed by atoms with Crippen LogP contribution in [0.5, 0.6) is 5.75 Å². The molecule has 1 aromatic carbocycles. The van der Waals surface area contributed by atoms with Gasteiger partial charge in [0, 0.05) is 25.7 Å². The fraction of sp³-hybridized carbons (Fsp3) is 0.500. The number of benzene rings is 1. The van der Waals surface area contributed by atoms with Crippen molar-refractivity contribution in [2.24, 2.45) is 0 Å². The fourth-order valence-corrected chi connectivity index (χ4v) is 2.20. The van der Waals surface area contributed by atoms with Gasteiger partial charge in [-0.25, -0.2) is 4.39 Å². The number of ether oxygens (including phenoxy) is 1. The molecule has 19 heavy (non-hydrogen) atoms. The first-order valence-electron chi connectivity index (χ1n) is 6.34. The van der Waals surface area contributed by atoms with Crippen LogP contribution in [-0.4, -0.2) is 43.6 Å². The van der Waals surface area contributed by atoms with Gasteiger partial charge in [0.2, 0.25) is 0 Å². The van der Waals surface area contributed by atoms with Crippen LogP contribution in [0.1, 0.15) is 22.3 Å². The summed E-state index contributed by atoms with van der Waals surface area (Å²) in [6, 6.07) is 2.90. The highest BCUT2D eigenvalue weighted by Crippen LogP contribution is 2.23. The van der Waals surface area contributed by atoms with Crippen LogP contribution in [0.15, 0.2) is 12.1 Å². The maximum absolute atomic E-state index is 13.6. The molecule has 1 aromatic rings. The van der Waals surface area contributed by atoms with Gasteiger partial charge in [-0.2, -0.15) is 0 Å². The zero-order chi connectivity index (χ0) is 13.8. The Labute approximate surface area is 111 Å². The first-order chi connectivity index (χ1) is 9.13. The zero-order valence-electron chi connectivity index (χ0n) is 10.9. The number of nitrogens with zero attached hydrogens (tertiary/aromatic N) is 1. The summed E-state index contributed by atoms with van der Waals surface area (Å²) in [6.07, 6.45) is 1.06. The molecule has 104 valence electrons. The number of aldehydes is 1. The number of aryl methyl sites for hydroxylation is 1. The Kier molecular flexibility index (Phi) is 4.47. The summed E-state index contributed by atoms with van der Waals surface area (Å²) in [5, 5.41) is 0. The molecule has 3 nitrogen and oxygen atoms in total. The van der Waals surface area contributed by atoms with E-state index in [1.807, 2.05) is 0 Å². The molecule has 0 spiro atoms. The second-order valence-corrected chi connectivity index (χ2v) is 4.80. The number of rotatable bonds is 6. The maximum atomic E-state index is 13.6. The Hall–Kier alpha value is -1.49. The Morgan fingerprint density at radius 2 is 2.21 bits per heavy atom. The Bertz CT molecular complexity index is 436. The van der Waals surface area contributed by atoms with Gasteiger partial charge < -0.3 is 4.74 Å². The normalized spacial score (nSPS) is 16.2. The quantitative estimate of drug-likeness (QED) is 0.743. The van der Waals surface area contributed by atoms with Gasteiger partial charge in [-0.1, -0.05) is 0 Å². The first-order valence-corrected chi connectivity index (χ1v) is 6.34. The van der Waals surface area contributed by atoms with Crippen molar-refractivity contribution >= 4 is 6.29 Å². The molecular formula is C14H17F2NO2. The number of carbonyl (C=O) groups is 1. The molecule has 1 fully saturated rings. The van der Waals surface area contributed by atoms with E-state index in [-0.39, 0.29) is 18.3 Å². The molecular weight excluding hydrogens is 252 g/mol. The van der Waals surface area contributed by atoms with E-state index < -0.39 is 5.82 Å². The largest absolute Gasteiger partial charge is 0.488 e. The maximum Gasteiger partial charge on any atom is 0.153 e. The summed E-state index contributed by atoms with van der Waals surface area (Å²) in [4.78, 5) is 12.8. The molecule has 0 atom stereocenters. The van der Waals surface area contributed by atoms with E-state index in [0.717, 1.165) is 19.6 Å². The average Bonchev–Trinajstić information content (AvgIpc) is 2.31. The monoisotopic (exact) mass is 269 g/mol. The minimum absolute atomic E-state index is 0.0143. The van der Waals surface area contributed by atoms with Crippen LogP contribution in [-0.2, 0) is 0 Å². The van der Waals surface area contributed by atoms with Crippen molar-refractivity contribution in [3.63, 3.8) is 0 Å². The summed E-state index contributed by atoms with van der Waals surface area (Å²) >= 11 is 0. The van der Waals surface area contributed by atoms with Crippen LogP contribution in [0.4, 0.5) is 8.78 Å². The molecule has 0 amide bonds. The SMILES string of the molecule is Cc1cc(OC2CN(CCCF)C2)cc(F)c1C=O. The summed E-state index contributed by atoms with van der Waals surface area (Å²) in [5.41, 5.74) is 0.643. The topological polar surface area (TPSA) is 29.5 Å². The molecule has 0 bridgehead atoms. The third kappa shape index (κ3) is 3.29. The third-order valence-corrected chi connectivity index (χ3v) is 3.26. The van der Waals surface area contributed by atoms with Crippen LogP contribution in [0.3, 0.4) is 0 Å². The minimum Gasteiger partial charge on any atom is -0.488 e. The number of likely N-dealkylation sites (tertiary alicyclic amines) is 1. The van der Waals surface area contributed by atoms with Crippen LogP contribution >= 0.6 is 0 Å². The van der Waals surface area contributed by atoms with Crippen molar-refractivity contribution in [2.45, 2.75) is 19.4 Å². The highest BCUT2D eigenvalue weighted by atomic mass is 19.1. The zero-order valence-corrected chi connectivity index (χ0v) is 10.9. The second kappa shape index (κ2) is 6.10. The lowest BCUT2D eigenvalue weighted by molar-refractivity contribution is 0.0182. The molecule has 2 rings (SSSR count). The molecule has 1 heterocycles. The van der Waals surface area contributed by atoms with Gasteiger partial charge in [0.15, 0.2) is 6.29 Å². The summed E-state index contributed by atoms with van der Waals surface area (Å²) in [6.45, 7) is 3.56. The molecule has 1 aliphatic heterocycles. The van der Waals surface area contributed by atoms with Crippen molar-refractivity contribution in [3.8, 4) is 5.75 Å². The molecule has 0 unspecified atom stereocenters. The highest BCUT2D eigenvalue weighted by molar-refractivity contribution is 5.78. The van der Waals surface area contributed by atoms with Gasteiger partial charge in [0.25, 0.3) is 0 Å². The van der Waals surface area contributed by atoms with E-state index in [2.05, 4.69) is 4.90 Å². The van der Waals surface area contributed by atoms with E-state index >= 15 is 0 Å². The van der Waals surface area contributed by atoms with Gasteiger partial charge in [0.05, 0.1) is 12.2 Å². The smallest absolute Gasteiger partial charge is 0.153 e.